The third-order valence-corrected chi connectivity index (χ3v) is 2.46. The van der Waals surface area contributed by atoms with E-state index in [4.69, 9.17) is 5.11 Å². The summed E-state index contributed by atoms with van der Waals surface area (Å²) in [5.41, 5.74) is 0.0311. The SMILES string of the molecule is CCC(O)CCCNc1cccc(C(=O)O)n1. The molecular formula is C12H18N2O3. The van der Waals surface area contributed by atoms with Crippen molar-refractivity contribution < 1.29 is 15.0 Å². The number of nitrogens with one attached hydrogen (secondary N) is 1. The Bertz CT molecular complexity index is 369. The van der Waals surface area contributed by atoms with Gasteiger partial charge in [-0.1, -0.05) is 13.0 Å². The first-order valence-corrected chi connectivity index (χ1v) is 5.75. The zero-order chi connectivity index (χ0) is 12.7. The summed E-state index contributed by atoms with van der Waals surface area (Å²) in [6.07, 6.45) is 2.07. The van der Waals surface area contributed by atoms with Crippen molar-refractivity contribution >= 4 is 11.8 Å². The van der Waals surface area contributed by atoms with Crippen LogP contribution in [0.2, 0.25) is 0 Å². The van der Waals surface area contributed by atoms with Crippen LogP contribution >= 0.6 is 0 Å². The number of aromatic nitrogens is 1. The van der Waals surface area contributed by atoms with Gasteiger partial charge in [0, 0.05) is 6.54 Å². The molecule has 0 aliphatic rings. The number of aliphatic hydroxyl groups excluding tert-OH is 1. The van der Waals surface area contributed by atoms with Gasteiger partial charge >= 0.3 is 5.97 Å². The number of carbonyl (C=O) groups is 1. The van der Waals surface area contributed by atoms with E-state index in [0.717, 1.165) is 19.3 Å². The minimum Gasteiger partial charge on any atom is -0.477 e. The van der Waals surface area contributed by atoms with Crippen molar-refractivity contribution in [3.8, 4) is 0 Å². The number of aromatic carboxylic acids is 1. The molecule has 0 spiro atoms. The number of hydrogen-bond donors (Lipinski definition) is 3. The molecule has 17 heavy (non-hydrogen) atoms. The van der Waals surface area contributed by atoms with Gasteiger partial charge in [-0.25, -0.2) is 9.78 Å². The Morgan fingerprint density at radius 3 is 2.94 bits per heavy atom. The van der Waals surface area contributed by atoms with Gasteiger partial charge in [0.2, 0.25) is 0 Å². The molecule has 0 saturated carbocycles. The Balaban J connectivity index is 2.36. The number of anilines is 1. The predicted molar refractivity (Wildman–Crippen MR) is 65.2 cm³/mol. The summed E-state index contributed by atoms with van der Waals surface area (Å²) in [4.78, 5) is 14.6. The second-order valence-corrected chi connectivity index (χ2v) is 3.84. The fourth-order valence-corrected chi connectivity index (χ4v) is 1.41. The average molecular weight is 238 g/mol. The number of nitrogens with zero attached hydrogens (tertiary/aromatic N) is 1. The van der Waals surface area contributed by atoms with Gasteiger partial charge in [-0.05, 0) is 31.4 Å². The normalized spacial score (nSPS) is 12.1. The van der Waals surface area contributed by atoms with Crippen molar-refractivity contribution in [1.82, 2.24) is 4.98 Å². The molecule has 3 N–H and O–H groups in total. The van der Waals surface area contributed by atoms with E-state index < -0.39 is 5.97 Å². The standard InChI is InChI=1S/C12H18N2O3/c1-2-9(15)5-4-8-13-11-7-3-6-10(14-11)12(16)17/h3,6-7,9,15H,2,4-5,8H2,1H3,(H,13,14)(H,16,17). The molecule has 0 radical (unpaired) electrons. The first-order chi connectivity index (χ1) is 8.13. The molecule has 5 nitrogen and oxygen atoms in total. The van der Waals surface area contributed by atoms with Crippen LogP contribution in [0.5, 0.6) is 0 Å². The first-order valence-electron chi connectivity index (χ1n) is 5.75. The van der Waals surface area contributed by atoms with Gasteiger partial charge in [0.05, 0.1) is 6.10 Å². The maximum absolute atomic E-state index is 10.7. The van der Waals surface area contributed by atoms with Crippen LogP contribution in [0.4, 0.5) is 5.82 Å². The van der Waals surface area contributed by atoms with Crippen LogP contribution in [-0.4, -0.2) is 33.8 Å². The summed E-state index contributed by atoms with van der Waals surface area (Å²) >= 11 is 0. The highest BCUT2D eigenvalue weighted by atomic mass is 16.4. The molecule has 1 rings (SSSR count). The second-order valence-electron chi connectivity index (χ2n) is 3.84. The minimum atomic E-state index is -1.03. The third-order valence-electron chi connectivity index (χ3n) is 2.46. The molecule has 0 bridgehead atoms. The van der Waals surface area contributed by atoms with Crippen molar-refractivity contribution in [2.45, 2.75) is 32.3 Å². The van der Waals surface area contributed by atoms with E-state index in [9.17, 15) is 9.90 Å². The van der Waals surface area contributed by atoms with Gasteiger partial charge in [0.1, 0.15) is 5.82 Å². The molecule has 1 aromatic heterocycles. The zero-order valence-corrected chi connectivity index (χ0v) is 9.89. The van der Waals surface area contributed by atoms with E-state index >= 15 is 0 Å². The topological polar surface area (TPSA) is 82.5 Å². The Labute approximate surface area is 101 Å². The lowest BCUT2D eigenvalue weighted by molar-refractivity contribution is 0.0690. The zero-order valence-electron chi connectivity index (χ0n) is 9.89. The highest BCUT2D eigenvalue weighted by molar-refractivity contribution is 5.85. The molecule has 94 valence electrons. The molecule has 1 unspecified atom stereocenters. The van der Waals surface area contributed by atoms with Crippen LogP contribution in [0, 0.1) is 0 Å². The second kappa shape index (κ2) is 6.85. The van der Waals surface area contributed by atoms with Gasteiger partial charge in [-0.2, -0.15) is 0 Å². The quantitative estimate of drug-likeness (QED) is 0.630. The lowest BCUT2D eigenvalue weighted by atomic mass is 10.1. The van der Waals surface area contributed by atoms with E-state index in [2.05, 4.69) is 10.3 Å². The minimum absolute atomic E-state index is 0.0311. The van der Waals surface area contributed by atoms with Crippen molar-refractivity contribution in [2.75, 3.05) is 11.9 Å². The van der Waals surface area contributed by atoms with Gasteiger partial charge in [0.15, 0.2) is 5.69 Å². The van der Waals surface area contributed by atoms with Gasteiger partial charge in [0.25, 0.3) is 0 Å². The third kappa shape index (κ3) is 4.82. The number of rotatable bonds is 7. The lowest BCUT2D eigenvalue weighted by Gasteiger charge is -2.08. The van der Waals surface area contributed by atoms with E-state index in [1.54, 1.807) is 12.1 Å². The van der Waals surface area contributed by atoms with Crippen LogP contribution < -0.4 is 5.32 Å². The van der Waals surface area contributed by atoms with Crippen LogP contribution in [0.25, 0.3) is 0 Å². The monoisotopic (exact) mass is 238 g/mol. The summed E-state index contributed by atoms with van der Waals surface area (Å²) in [5.74, 6) is -0.481. The summed E-state index contributed by atoms with van der Waals surface area (Å²) < 4.78 is 0. The van der Waals surface area contributed by atoms with E-state index in [1.807, 2.05) is 6.92 Å². The highest BCUT2D eigenvalue weighted by Gasteiger charge is 2.05. The molecule has 5 heteroatoms. The fraction of sp³-hybridized carbons (Fsp3) is 0.500. The van der Waals surface area contributed by atoms with E-state index in [-0.39, 0.29) is 11.8 Å². The highest BCUT2D eigenvalue weighted by Crippen LogP contribution is 2.06. The Kier molecular flexibility index (Phi) is 5.42. The average Bonchev–Trinajstić information content (AvgIpc) is 2.34. The van der Waals surface area contributed by atoms with Crippen molar-refractivity contribution in [1.29, 1.82) is 0 Å². The van der Waals surface area contributed by atoms with E-state index in [0.29, 0.717) is 12.4 Å². The molecule has 0 amide bonds. The molecule has 1 atom stereocenters. The van der Waals surface area contributed by atoms with Crippen LogP contribution in [0.1, 0.15) is 36.7 Å². The van der Waals surface area contributed by atoms with Gasteiger partial charge in [-0.15, -0.1) is 0 Å². The van der Waals surface area contributed by atoms with Gasteiger partial charge in [-0.3, -0.25) is 0 Å². The molecule has 1 aromatic rings. The van der Waals surface area contributed by atoms with Crippen LogP contribution in [-0.2, 0) is 0 Å². The Hall–Kier alpha value is -1.62. The maximum Gasteiger partial charge on any atom is 0.354 e. The van der Waals surface area contributed by atoms with Crippen LogP contribution in [0.3, 0.4) is 0 Å². The number of carboxylic acid groups (broad SMARTS) is 1. The smallest absolute Gasteiger partial charge is 0.354 e. The molecule has 0 aromatic carbocycles. The summed E-state index contributed by atoms with van der Waals surface area (Å²) in [5, 5.41) is 21.1. The first kappa shape index (κ1) is 13.4. The van der Waals surface area contributed by atoms with Crippen molar-refractivity contribution in [3.05, 3.63) is 23.9 Å². The largest absolute Gasteiger partial charge is 0.477 e. The Morgan fingerprint density at radius 2 is 2.29 bits per heavy atom. The molecular weight excluding hydrogens is 220 g/mol. The lowest BCUT2D eigenvalue weighted by Crippen LogP contribution is -2.10. The molecule has 0 fully saturated rings. The number of carboxylic acids is 1. The van der Waals surface area contributed by atoms with Crippen LogP contribution in [0.15, 0.2) is 18.2 Å². The molecule has 0 aliphatic carbocycles. The van der Waals surface area contributed by atoms with Gasteiger partial charge < -0.3 is 15.5 Å². The predicted octanol–water partition coefficient (Wildman–Crippen LogP) is 1.74. The molecule has 0 aliphatic heterocycles. The maximum atomic E-state index is 10.7. The van der Waals surface area contributed by atoms with Crippen molar-refractivity contribution in [3.63, 3.8) is 0 Å². The van der Waals surface area contributed by atoms with E-state index in [1.165, 1.54) is 6.07 Å². The Morgan fingerprint density at radius 1 is 1.53 bits per heavy atom. The molecule has 1 heterocycles. The summed E-state index contributed by atoms with van der Waals surface area (Å²) in [7, 11) is 0. The number of pyridine rings is 1. The molecule has 0 saturated heterocycles. The summed E-state index contributed by atoms with van der Waals surface area (Å²) in [6.45, 7) is 2.61. The summed E-state index contributed by atoms with van der Waals surface area (Å²) in [6, 6.07) is 4.83. The van der Waals surface area contributed by atoms with Crippen molar-refractivity contribution in [2.24, 2.45) is 0 Å². The number of hydrogen-bond acceptors (Lipinski definition) is 4. The number of aliphatic hydroxyl groups is 1. The fourth-order valence-electron chi connectivity index (χ4n) is 1.41.